The zero-order valence-corrected chi connectivity index (χ0v) is 13.8. The van der Waals surface area contributed by atoms with E-state index in [2.05, 4.69) is 10.6 Å². The van der Waals surface area contributed by atoms with Crippen molar-refractivity contribution in [1.29, 1.82) is 0 Å². The second kappa shape index (κ2) is 7.89. The van der Waals surface area contributed by atoms with Crippen LogP contribution in [-0.4, -0.2) is 44.1 Å². The third kappa shape index (κ3) is 5.32. The molecular weight excluding hydrogens is 327 g/mol. The van der Waals surface area contributed by atoms with Gasteiger partial charge in [0.05, 0.1) is 12.7 Å². The molecule has 0 aliphatic carbocycles. The molecule has 6 nitrogen and oxygen atoms in total. The van der Waals surface area contributed by atoms with Gasteiger partial charge in [-0.25, -0.2) is 4.79 Å². The van der Waals surface area contributed by atoms with Crippen LogP contribution < -0.4 is 15.4 Å². The standard InChI is InChI=1S/C15H20F3N3O3/c1-9(13(22)21(2)3)20-14(23)19-8-10-5-6-11(24-4)7-12(10)15(16,17)18/h5-7,9H,8H2,1-4H3,(H2,19,20,23). The number of nitrogens with one attached hydrogen (secondary N) is 2. The number of amides is 3. The molecule has 0 aliphatic heterocycles. The molecule has 0 fully saturated rings. The summed E-state index contributed by atoms with van der Waals surface area (Å²) in [6.07, 6.45) is -4.57. The van der Waals surface area contributed by atoms with E-state index in [-0.39, 0.29) is 23.8 Å². The first-order valence-electron chi connectivity index (χ1n) is 7.06. The van der Waals surface area contributed by atoms with Gasteiger partial charge in [-0.05, 0) is 24.6 Å². The largest absolute Gasteiger partial charge is 0.497 e. The van der Waals surface area contributed by atoms with E-state index in [1.165, 1.54) is 45.2 Å². The molecule has 0 spiro atoms. The van der Waals surface area contributed by atoms with E-state index in [0.717, 1.165) is 6.07 Å². The van der Waals surface area contributed by atoms with Crippen LogP contribution in [0.4, 0.5) is 18.0 Å². The van der Waals surface area contributed by atoms with E-state index >= 15 is 0 Å². The van der Waals surface area contributed by atoms with Gasteiger partial charge in [0, 0.05) is 20.6 Å². The number of likely N-dealkylation sites (N-methyl/N-ethyl adjacent to an activating group) is 1. The van der Waals surface area contributed by atoms with Crippen molar-refractivity contribution in [2.75, 3.05) is 21.2 Å². The average Bonchev–Trinajstić information content (AvgIpc) is 2.50. The number of carbonyl (C=O) groups is 2. The highest BCUT2D eigenvalue weighted by Gasteiger charge is 2.33. The molecular formula is C15H20F3N3O3. The molecule has 0 heterocycles. The second-order valence-electron chi connectivity index (χ2n) is 5.30. The Morgan fingerprint density at radius 2 is 1.92 bits per heavy atom. The number of ether oxygens (including phenoxy) is 1. The lowest BCUT2D eigenvalue weighted by Crippen LogP contribution is -2.47. The molecule has 1 aromatic rings. The fourth-order valence-corrected chi connectivity index (χ4v) is 1.97. The van der Waals surface area contributed by atoms with Gasteiger partial charge < -0.3 is 20.3 Å². The van der Waals surface area contributed by atoms with Crippen LogP contribution in [-0.2, 0) is 17.5 Å². The Kier molecular flexibility index (Phi) is 6.44. The first kappa shape index (κ1) is 19.6. The summed E-state index contributed by atoms with van der Waals surface area (Å²) < 4.78 is 44.0. The van der Waals surface area contributed by atoms with E-state index in [1.54, 1.807) is 0 Å². The Hall–Kier alpha value is -2.45. The monoisotopic (exact) mass is 347 g/mol. The van der Waals surface area contributed by atoms with Crippen molar-refractivity contribution >= 4 is 11.9 Å². The number of hydrogen-bond donors (Lipinski definition) is 2. The van der Waals surface area contributed by atoms with Gasteiger partial charge in [-0.15, -0.1) is 0 Å². The summed E-state index contributed by atoms with van der Waals surface area (Å²) in [6.45, 7) is 1.14. The molecule has 0 saturated carbocycles. The zero-order valence-electron chi connectivity index (χ0n) is 13.8. The first-order chi connectivity index (χ1) is 11.1. The molecule has 0 saturated heterocycles. The molecule has 1 atom stereocenters. The van der Waals surface area contributed by atoms with Crippen LogP contribution in [0.5, 0.6) is 5.75 Å². The molecule has 0 radical (unpaired) electrons. The van der Waals surface area contributed by atoms with E-state index in [0.29, 0.717) is 0 Å². The van der Waals surface area contributed by atoms with E-state index in [1.807, 2.05) is 0 Å². The molecule has 24 heavy (non-hydrogen) atoms. The van der Waals surface area contributed by atoms with Crippen LogP contribution in [0, 0.1) is 0 Å². The molecule has 1 unspecified atom stereocenters. The van der Waals surface area contributed by atoms with Gasteiger partial charge in [0.25, 0.3) is 0 Å². The molecule has 0 aromatic heterocycles. The van der Waals surface area contributed by atoms with Crippen molar-refractivity contribution in [2.45, 2.75) is 25.7 Å². The van der Waals surface area contributed by atoms with Crippen molar-refractivity contribution in [2.24, 2.45) is 0 Å². The zero-order chi connectivity index (χ0) is 18.5. The third-order valence-electron chi connectivity index (χ3n) is 3.22. The molecule has 0 bridgehead atoms. The highest BCUT2D eigenvalue weighted by molar-refractivity contribution is 5.86. The molecule has 9 heteroatoms. The first-order valence-corrected chi connectivity index (χ1v) is 7.06. The van der Waals surface area contributed by atoms with Crippen LogP contribution >= 0.6 is 0 Å². The number of benzene rings is 1. The van der Waals surface area contributed by atoms with Crippen LogP contribution in [0.3, 0.4) is 0 Å². The van der Waals surface area contributed by atoms with Crippen molar-refractivity contribution < 1.29 is 27.5 Å². The number of urea groups is 1. The van der Waals surface area contributed by atoms with E-state index < -0.39 is 23.8 Å². The summed E-state index contributed by atoms with van der Waals surface area (Å²) in [5.41, 5.74) is -0.996. The van der Waals surface area contributed by atoms with E-state index in [4.69, 9.17) is 4.74 Å². The van der Waals surface area contributed by atoms with Crippen LogP contribution in [0.2, 0.25) is 0 Å². The van der Waals surface area contributed by atoms with Gasteiger partial charge in [0.1, 0.15) is 11.8 Å². The predicted molar refractivity (Wildman–Crippen MR) is 81.5 cm³/mol. The van der Waals surface area contributed by atoms with Crippen molar-refractivity contribution in [1.82, 2.24) is 15.5 Å². The Labute approximate surface area is 138 Å². The molecule has 134 valence electrons. The number of rotatable bonds is 5. The lowest BCUT2D eigenvalue weighted by Gasteiger charge is -2.19. The van der Waals surface area contributed by atoms with Crippen molar-refractivity contribution in [3.05, 3.63) is 29.3 Å². The fraction of sp³-hybridized carbons (Fsp3) is 0.467. The van der Waals surface area contributed by atoms with Crippen molar-refractivity contribution in [3.8, 4) is 5.75 Å². The molecule has 0 aliphatic rings. The number of hydrogen-bond acceptors (Lipinski definition) is 3. The van der Waals surface area contributed by atoms with Gasteiger partial charge in [0.15, 0.2) is 0 Å². The highest BCUT2D eigenvalue weighted by Crippen LogP contribution is 2.34. The quantitative estimate of drug-likeness (QED) is 0.856. The number of halogens is 3. The van der Waals surface area contributed by atoms with Gasteiger partial charge in [-0.3, -0.25) is 4.79 Å². The number of nitrogens with zero attached hydrogens (tertiary/aromatic N) is 1. The molecule has 1 aromatic carbocycles. The average molecular weight is 347 g/mol. The van der Waals surface area contributed by atoms with Crippen LogP contribution in [0.15, 0.2) is 18.2 Å². The summed E-state index contributed by atoms with van der Waals surface area (Å²) in [7, 11) is 4.33. The summed E-state index contributed by atoms with van der Waals surface area (Å²) in [6, 6.07) is 1.95. The molecule has 2 N–H and O–H groups in total. The Morgan fingerprint density at radius 3 is 2.42 bits per heavy atom. The third-order valence-corrected chi connectivity index (χ3v) is 3.22. The lowest BCUT2D eigenvalue weighted by atomic mass is 10.1. The minimum Gasteiger partial charge on any atom is -0.497 e. The normalized spacial score (nSPS) is 12.3. The van der Waals surface area contributed by atoms with Gasteiger partial charge >= 0.3 is 12.2 Å². The van der Waals surface area contributed by atoms with E-state index in [9.17, 15) is 22.8 Å². The van der Waals surface area contributed by atoms with Gasteiger partial charge in [-0.2, -0.15) is 13.2 Å². The SMILES string of the molecule is COc1ccc(CNC(=O)NC(C)C(=O)N(C)C)c(C(F)(F)F)c1. The fourth-order valence-electron chi connectivity index (χ4n) is 1.97. The number of carbonyl (C=O) groups excluding carboxylic acids is 2. The second-order valence-corrected chi connectivity index (χ2v) is 5.30. The Balaban J connectivity index is 2.77. The summed E-state index contributed by atoms with van der Waals surface area (Å²) in [5, 5.41) is 4.68. The minimum atomic E-state index is -4.57. The van der Waals surface area contributed by atoms with Crippen LogP contribution in [0.25, 0.3) is 0 Å². The maximum absolute atomic E-state index is 13.1. The van der Waals surface area contributed by atoms with Crippen molar-refractivity contribution in [3.63, 3.8) is 0 Å². The summed E-state index contributed by atoms with van der Waals surface area (Å²) in [4.78, 5) is 24.7. The Bertz CT molecular complexity index is 603. The van der Waals surface area contributed by atoms with Gasteiger partial charge in [-0.1, -0.05) is 6.07 Å². The highest BCUT2D eigenvalue weighted by atomic mass is 19.4. The number of alkyl halides is 3. The molecule has 1 rings (SSSR count). The minimum absolute atomic E-state index is 0.0701. The molecule has 3 amide bonds. The lowest BCUT2D eigenvalue weighted by molar-refractivity contribution is -0.138. The smallest absolute Gasteiger partial charge is 0.416 e. The maximum atomic E-state index is 13.1. The maximum Gasteiger partial charge on any atom is 0.416 e. The predicted octanol–water partition coefficient (Wildman–Crippen LogP) is 1.99. The Morgan fingerprint density at radius 1 is 1.29 bits per heavy atom. The summed E-state index contributed by atoms with van der Waals surface area (Å²) >= 11 is 0. The van der Waals surface area contributed by atoms with Gasteiger partial charge in [0.2, 0.25) is 5.91 Å². The topological polar surface area (TPSA) is 70.7 Å². The number of methoxy groups -OCH3 is 1. The summed E-state index contributed by atoms with van der Waals surface area (Å²) in [5.74, 6) is -0.258. The van der Waals surface area contributed by atoms with Crippen LogP contribution in [0.1, 0.15) is 18.1 Å².